The molecule has 2 aliphatic heterocycles. The smallest absolute Gasteiger partial charge is 0.409 e. The molecule has 4 rings (SSSR count). The number of halogens is 1. The highest BCUT2D eigenvalue weighted by Crippen LogP contribution is 2.38. The lowest BCUT2D eigenvalue weighted by atomic mass is 9.91. The Morgan fingerprint density at radius 3 is 2.69 bits per heavy atom. The van der Waals surface area contributed by atoms with Gasteiger partial charge in [0, 0.05) is 50.6 Å². The molecule has 2 aliphatic rings. The number of ether oxygens (including phenoxy) is 2. The van der Waals surface area contributed by atoms with Gasteiger partial charge in [0.15, 0.2) is 11.0 Å². The minimum absolute atomic E-state index is 0.0404. The van der Waals surface area contributed by atoms with Crippen molar-refractivity contribution in [3.8, 4) is 5.75 Å². The number of nitrogens with zero attached hydrogens (tertiary/aromatic N) is 3. The van der Waals surface area contributed by atoms with E-state index in [0.29, 0.717) is 36.9 Å². The number of carbonyl (C=O) groups is 2. The van der Waals surface area contributed by atoms with Crippen LogP contribution in [0.2, 0.25) is 5.02 Å². The third-order valence-electron chi connectivity index (χ3n) is 8.74. The fourth-order valence-corrected chi connectivity index (χ4v) is 6.92. The Morgan fingerprint density at radius 1 is 1.20 bits per heavy atom. The molecular formula is C34H47ClN4O5S. The van der Waals surface area contributed by atoms with Gasteiger partial charge >= 0.3 is 6.09 Å². The van der Waals surface area contributed by atoms with Crippen LogP contribution < -0.4 is 14.4 Å². The number of carbonyl (C=O) groups excluding carboxylic acids is 2. The summed E-state index contributed by atoms with van der Waals surface area (Å²) >= 11 is 6.40. The van der Waals surface area contributed by atoms with Crippen molar-refractivity contribution in [1.82, 2.24) is 14.5 Å². The molecule has 5 atom stereocenters. The molecule has 0 radical (unpaired) electrons. The summed E-state index contributed by atoms with van der Waals surface area (Å²) in [4.78, 5) is 31.9. The first-order valence-electron chi connectivity index (χ1n) is 15.8. The largest absolute Gasteiger partial charge is 0.491 e. The predicted molar refractivity (Wildman–Crippen MR) is 180 cm³/mol. The number of rotatable bonds is 5. The Labute approximate surface area is 275 Å². The van der Waals surface area contributed by atoms with Gasteiger partial charge in [0.2, 0.25) is 5.91 Å². The maximum Gasteiger partial charge on any atom is 0.409 e. The van der Waals surface area contributed by atoms with Gasteiger partial charge in [-0.25, -0.2) is 9.00 Å². The molecule has 2 bridgehead atoms. The van der Waals surface area contributed by atoms with Crippen LogP contribution >= 0.6 is 11.6 Å². The van der Waals surface area contributed by atoms with Crippen molar-refractivity contribution < 1.29 is 23.3 Å². The van der Waals surface area contributed by atoms with Crippen LogP contribution in [0.5, 0.6) is 5.75 Å². The van der Waals surface area contributed by atoms with E-state index in [0.717, 1.165) is 36.4 Å². The van der Waals surface area contributed by atoms with Crippen LogP contribution in [0.1, 0.15) is 57.1 Å². The Bertz CT molecular complexity index is 1400. The molecular weight excluding hydrogens is 612 g/mol. The monoisotopic (exact) mass is 658 g/mol. The molecule has 0 aliphatic carbocycles. The van der Waals surface area contributed by atoms with E-state index in [1.165, 1.54) is 16.0 Å². The molecule has 0 fully saturated rings. The van der Waals surface area contributed by atoms with Crippen LogP contribution in [-0.4, -0.2) is 85.5 Å². The predicted octanol–water partition coefficient (Wildman–Crippen LogP) is 5.79. The number of likely N-dealkylation sites (N-methyl/N-ethyl adjacent to an activating group) is 1. The van der Waals surface area contributed by atoms with Crippen LogP contribution in [0.4, 0.5) is 10.5 Å². The Kier molecular flexibility index (Phi) is 12.3. The lowest BCUT2D eigenvalue weighted by Crippen LogP contribution is -2.44. The minimum atomic E-state index is -1.75. The van der Waals surface area contributed by atoms with Gasteiger partial charge < -0.3 is 19.3 Å². The van der Waals surface area contributed by atoms with E-state index >= 15 is 0 Å². The first kappa shape index (κ1) is 34.8. The van der Waals surface area contributed by atoms with Gasteiger partial charge in [0.05, 0.1) is 23.2 Å². The van der Waals surface area contributed by atoms with E-state index < -0.39 is 29.2 Å². The lowest BCUT2D eigenvalue weighted by Gasteiger charge is -2.31. The molecule has 0 saturated carbocycles. The number of nitrogens with one attached hydrogen (secondary N) is 1. The topological polar surface area (TPSA) is 91.4 Å². The van der Waals surface area contributed by atoms with Gasteiger partial charge in [-0.2, -0.15) is 0 Å². The van der Waals surface area contributed by atoms with Gasteiger partial charge in [0.1, 0.15) is 11.9 Å². The average molecular weight is 659 g/mol. The molecule has 246 valence electrons. The van der Waals surface area contributed by atoms with Crippen LogP contribution in [0.3, 0.4) is 0 Å². The number of hydrogen-bond acceptors (Lipinski definition) is 7. The van der Waals surface area contributed by atoms with Crippen molar-refractivity contribution in [2.24, 2.45) is 5.92 Å². The number of benzene rings is 2. The van der Waals surface area contributed by atoms with Crippen LogP contribution in [0, 0.1) is 5.92 Å². The summed E-state index contributed by atoms with van der Waals surface area (Å²) in [6.45, 7) is 8.31. The summed E-state index contributed by atoms with van der Waals surface area (Å²) in [5.41, 5.74) is 3.26. The summed E-state index contributed by atoms with van der Waals surface area (Å²) in [5, 5.41) is 0.719. The molecule has 2 heterocycles. The summed E-state index contributed by atoms with van der Waals surface area (Å²) in [6.07, 6.45) is 6.49. The normalized spacial score (nSPS) is 25.4. The van der Waals surface area contributed by atoms with Crippen LogP contribution in [0.15, 0.2) is 53.4 Å². The second-order valence-corrected chi connectivity index (χ2v) is 13.8. The molecule has 5 unspecified atom stereocenters. The average Bonchev–Trinajstić information content (AvgIpc) is 3.19. The standard InChI is InChI=1S/C34H47ClN4O5S/c1-7-10-25-19-27(35)12-14-29(25)26-21-39-18-16-24(8-2)31(44-34(41)37(4)5)11-9-17-38(6)23(3)33(40)36-45(42)28-13-15-32(43-22-26)30(39)20-28/h9,11-15,19-20,23-24,26,31H,7-8,10,16-18,21-22H2,1-6H3,(H,36,40)/b11-9+. The number of aryl methyl sites for hydroxylation is 1. The van der Waals surface area contributed by atoms with Gasteiger partial charge in [-0.3, -0.25) is 14.4 Å². The van der Waals surface area contributed by atoms with Gasteiger partial charge in [-0.05, 0) is 80.8 Å². The Hall–Kier alpha value is -3.08. The van der Waals surface area contributed by atoms with E-state index in [4.69, 9.17) is 21.1 Å². The molecule has 2 aromatic carbocycles. The zero-order chi connectivity index (χ0) is 32.7. The highest BCUT2D eigenvalue weighted by atomic mass is 35.5. The number of fused-ring (bicyclic) bond motifs is 1. The third-order valence-corrected chi connectivity index (χ3v) is 10.0. The molecule has 0 saturated heterocycles. The van der Waals surface area contributed by atoms with E-state index in [-0.39, 0.29) is 17.7 Å². The highest BCUT2D eigenvalue weighted by molar-refractivity contribution is 7.83. The molecule has 2 aromatic rings. The van der Waals surface area contributed by atoms with Crippen molar-refractivity contribution in [2.45, 2.75) is 69.4 Å². The van der Waals surface area contributed by atoms with Crippen molar-refractivity contribution in [3.05, 3.63) is 64.7 Å². The summed E-state index contributed by atoms with van der Waals surface area (Å²) in [5.74, 6) is 0.467. The minimum Gasteiger partial charge on any atom is -0.491 e. The first-order chi connectivity index (χ1) is 21.5. The zero-order valence-corrected chi connectivity index (χ0v) is 28.8. The molecule has 0 aromatic heterocycles. The van der Waals surface area contributed by atoms with E-state index in [9.17, 15) is 13.8 Å². The zero-order valence-electron chi connectivity index (χ0n) is 27.3. The molecule has 2 amide bonds. The second-order valence-electron chi connectivity index (χ2n) is 12.2. The summed E-state index contributed by atoms with van der Waals surface area (Å²) in [6, 6.07) is 11.0. The van der Waals surface area contributed by atoms with E-state index in [1.54, 1.807) is 27.1 Å². The van der Waals surface area contributed by atoms with Crippen LogP contribution in [-0.2, 0) is 26.9 Å². The Morgan fingerprint density at radius 2 is 1.98 bits per heavy atom. The molecule has 1 N–H and O–H groups in total. The van der Waals surface area contributed by atoms with Crippen molar-refractivity contribution in [1.29, 1.82) is 0 Å². The maximum atomic E-state index is 13.4. The summed E-state index contributed by atoms with van der Waals surface area (Å²) in [7, 11) is 3.44. The molecule has 45 heavy (non-hydrogen) atoms. The SMILES string of the molecule is CCCc1cc(Cl)ccc1C1COc2ccc3cc2N(CCC(CC)C(OC(=O)N(C)C)/C=C/CN(C)C(C)C(=O)NS3=O)C1. The first-order valence-corrected chi connectivity index (χ1v) is 17.3. The second kappa shape index (κ2) is 16.0. The van der Waals surface area contributed by atoms with E-state index in [1.807, 2.05) is 42.3 Å². The van der Waals surface area contributed by atoms with Crippen molar-refractivity contribution >= 4 is 40.3 Å². The van der Waals surface area contributed by atoms with Gasteiger partial charge in [-0.1, -0.05) is 44.0 Å². The quantitative estimate of drug-likeness (QED) is 0.407. The maximum absolute atomic E-state index is 13.4. The molecule has 9 nitrogen and oxygen atoms in total. The van der Waals surface area contributed by atoms with Crippen LogP contribution in [0.25, 0.3) is 0 Å². The fourth-order valence-electron chi connectivity index (χ4n) is 5.84. The number of hydrogen-bond donors (Lipinski definition) is 1. The molecule has 11 heteroatoms. The third kappa shape index (κ3) is 8.80. The highest BCUT2D eigenvalue weighted by Gasteiger charge is 2.30. The number of amides is 2. The van der Waals surface area contributed by atoms with E-state index in [2.05, 4.69) is 35.6 Å². The molecule has 0 spiro atoms. The fraction of sp³-hybridized carbons (Fsp3) is 0.529. The number of anilines is 1. The summed E-state index contributed by atoms with van der Waals surface area (Å²) < 4.78 is 28.5. The van der Waals surface area contributed by atoms with Gasteiger partial charge in [-0.15, -0.1) is 0 Å². The Balaban J connectivity index is 1.76. The van der Waals surface area contributed by atoms with Crippen molar-refractivity contribution in [3.63, 3.8) is 0 Å². The lowest BCUT2D eigenvalue weighted by molar-refractivity contribution is -0.123. The van der Waals surface area contributed by atoms with Crippen molar-refractivity contribution in [2.75, 3.05) is 52.3 Å². The van der Waals surface area contributed by atoms with Gasteiger partial charge in [0.25, 0.3) is 0 Å².